The van der Waals surface area contributed by atoms with Crippen LogP contribution in [-0.4, -0.2) is 34.1 Å². The maximum absolute atomic E-state index is 4.70. The summed E-state index contributed by atoms with van der Waals surface area (Å²) in [6.45, 7) is 14.2. The second-order valence-electron chi connectivity index (χ2n) is 6.90. The van der Waals surface area contributed by atoms with Crippen molar-refractivity contribution in [3.63, 3.8) is 0 Å². The van der Waals surface area contributed by atoms with E-state index in [1.54, 1.807) is 0 Å². The number of thioether (sulfide) groups is 1. The first-order valence-electron chi connectivity index (χ1n) is 7.54. The number of pyridine rings is 1. The lowest BCUT2D eigenvalue weighted by atomic mass is 10.1. The molecule has 1 N–H and O–H groups in total. The van der Waals surface area contributed by atoms with E-state index in [1.165, 1.54) is 5.56 Å². The molecule has 1 saturated heterocycles. The maximum Gasteiger partial charge on any atom is 0.133 e. The molecule has 0 saturated carbocycles. The Morgan fingerprint density at radius 1 is 1.33 bits per heavy atom. The van der Waals surface area contributed by atoms with Crippen LogP contribution in [0.5, 0.6) is 0 Å². The summed E-state index contributed by atoms with van der Waals surface area (Å²) in [6, 6.07) is 2.19. The summed E-state index contributed by atoms with van der Waals surface area (Å²) in [7, 11) is 0. The Morgan fingerprint density at radius 3 is 2.52 bits per heavy atom. The quantitative estimate of drug-likeness (QED) is 0.866. The molecule has 0 radical (unpaired) electrons. The Labute approximate surface area is 141 Å². The van der Waals surface area contributed by atoms with E-state index in [-0.39, 0.29) is 5.54 Å². The summed E-state index contributed by atoms with van der Waals surface area (Å²) in [5.41, 5.74) is 1.38. The van der Waals surface area contributed by atoms with Crippen molar-refractivity contribution in [2.45, 2.75) is 57.2 Å². The minimum Gasteiger partial charge on any atom is -0.354 e. The molecule has 0 aromatic carbocycles. The second-order valence-corrected chi connectivity index (χ2v) is 9.70. The molecule has 2 rings (SSSR count). The van der Waals surface area contributed by atoms with Gasteiger partial charge in [0.25, 0.3) is 0 Å². The van der Waals surface area contributed by atoms with Crippen molar-refractivity contribution < 1.29 is 0 Å². The van der Waals surface area contributed by atoms with Gasteiger partial charge in [0.15, 0.2) is 0 Å². The van der Waals surface area contributed by atoms with Crippen molar-refractivity contribution in [2.75, 3.05) is 18.0 Å². The minimum absolute atomic E-state index is 0.109. The fraction of sp³-hybridized carbons (Fsp3) is 0.688. The highest BCUT2D eigenvalue weighted by molar-refractivity contribution is 9.10. The van der Waals surface area contributed by atoms with Gasteiger partial charge in [-0.05, 0) is 42.8 Å². The van der Waals surface area contributed by atoms with E-state index < -0.39 is 0 Å². The van der Waals surface area contributed by atoms with Crippen LogP contribution in [0.2, 0.25) is 0 Å². The van der Waals surface area contributed by atoms with Gasteiger partial charge in [0, 0.05) is 51.9 Å². The molecule has 5 heteroatoms. The molecular formula is C16H26BrN3S. The lowest BCUT2D eigenvalue weighted by Gasteiger charge is -2.36. The molecule has 21 heavy (non-hydrogen) atoms. The number of hydrogen-bond acceptors (Lipinski definition) is 4. The van der Waals surface area contributed by atoms with Crippen molar-refractivity contribution in [3.05, 3.63) is 22.3 Å². The molecule has 118 valence electrons. The molecule has 2 unspecified atom stereocenters. The third kappa shape index (κ3) is 5.15. The van der Waals surface area contributed by atoms with Crippen molar-refractivity contribution >= 4 is 33.5 Å². The lowest BCUT2D eigenvalue weighted by Crippen LogP contribution is -2.42. The van der Waals surface area contributed by atoms with Crippen LogP contribution in [0.1, 0.15) is 40.2 Å². The van der Waals surface area contributed by atoms with Crippen LogP contribution < -0.4 is 10.2 Å². The molecule has 1 aliphatic heterocycles. The number of anilines is 1. The SMILES string of the molecule is CC1CN(c2ncc(Br)cc2CNC(C)(C)C)CC(C)S1. The molecule has 1 aromatic rings. The highest BCUT2D eigenvalue weighted by Crippen LogP contribution is 2.30. The fourth-order valence-electron chi connectivity index (χ4n) is 2.60. The van der Waals surface area contributed by atoms with Crippen LogP contribution in [-0.2, 0) is 6.54 Å². The fourth-order valence-corrected chi connectivity index (χ4v) is 4.30. The predicted molar refractivity (Wildman–Crippen MR) is 97.3 cm³/mol. The first-order chi connectivity index (χ1) is 9.74. The zero-order valence-corrected chi connectivity index (χ0v) is 16.0. The van der Waals surface area contributed by atoms with Gasteiger partial charge in [-0.25, -0.2) is 4.98 Å². The topological polar surface area (TPSA) is 28.2 Å². The van der Waals surface area contributed by atoms with E-state index in [9.17, 15) is 0 Å². The Balaban J connectivity index is 2.21. The number of rotatable bonds is 3. The Kier molecular flexibility index (Phi) is 5.60. The highest BCUT2D eigenvalue weighted by Gasteiger charge is 2.25. The van der Waals surface area contributed by atoms with Crippen molar-refractivity contribution in [1.82, 2.24) is 10.3 Å². The van der Waals surface area contributed by atoms with E-state index in [2.05, 4.69) is 78.6 Å². The number of nitrogens with one attached hydrogen (secondary N) is 1. The summed E-state index contributed by atoms with van der Waals surface area (Å²) >= 11 is 5.62. The zero-order valence-electron chi connectivity index (χ0n) is 13.6. The summed E-state index contributed by atoms with van der Waals surface area (Å²) in [5.74, 6) is 1.13. The minimum atomic E-state index is 0.109. The molecule has 0 amide bonds. The van der Waals surface area contributed by atoms with Crippen LogP contribution in [0.25, 0.3) is 0 Å². The van der Waals surface area contributed by atoms with Crippen LogP contribution in [0.15, 0.2) is 16.7 Å². The molecule has 0 bridgehead atoms. The second kappa shape index (κ2) is 6.88. The van der Waals surface area contributed by atoms with Gasteiger partial charge in [-0.2, -0.15) is 11.8 Å². The van der Waals surface area contributed by atoms with Crippen LogP contribution in [0.4, 0.5) is 5.82 Å². The van der Waals surface area contributed by atoms with E-state index in [0.29, 0.717) is 10.5 Å². The number of hydrogen-bond donors (Lipinski definition) is 1. The number of aromatic nitrogens is 1. The van der Waals surface area contributed by atoms with Gasteiger partial charge in [0.05, 0.1) is 0 Å². The Morgan fingerprint density at radius 2 is 1.95 bits per heavy atom. The number of nitrogens with zero attached hydrogens (tertiary/aromatic N) is 2. The molecule has 2 heterocycles. The van der Waals surface area contributed by atoms with Crippen molar-refractivity contribution in [3.8, 4) is 0 Å². The molecule has 0 spiro atoms. The average Bonchev–Trinajstić information content (AvgIpc) is 2.34. The van der Waals surface area contributed by atoms with Gasteiger partial charge in [-0.15, -0.1) is 0 Å². The molecule has 0 aliphatic carbocycles. The van der Waals surface area contributed by atoms with Crippen LogP contribution >= 0.6 is 27.7 Å². The predicted octanol–water partition coefficient (Wildman–Crippen LogP) is 4.06. The van der Waals surface area contributed by atoms with E-state index >= 15 is 0 Å². The first-order valence-corrected chi connectivity index (χ1v) is 9.28. The van der Waals surface area contributed by atoms with Crippen molar-refractivity contribution in [2.24, 2.45) is 0 Å². The standard InChI is InChI=1S/C16H26BrN3S/c1-11-9-20(10-12(2)21-11)15-13(6-14(17)8-18-15)7-19-16(3,4)5/h6,8,11-12,19H,7,9-10H2,1-5H3. The van der Waals surface area contributed by atoms with Crippen LogP contribution in [0.3, 0.4) is 0 Å². The van der Waals surface area contributed by atoms with Gasteiger partial charge < -0.3 is 10.2 Å². The Bertz CT molecular complexity index is 477. The smallest absolute Gasteiger partial charge is 0.133 e. The van der Waals surface area contributed by atoms with Gasteiger partial charge >= 0.3 is 0 Å². The van der Waals surface area contributed by atoms with Gasteiger partial charge in [-0.1, -0.05) is 13.8 Å². The van der Waals surface area contributed by atoms with Gasteiger partial charge in [0.1, 0.15) is 5.82 Å². The number of halogens is 1. The molecule has 2 atom stereocenters. The van der Waals surface area contributed by atoms with Gasteiger partial charge in [0.2, 0.25) is 0 Å². The van der Waals surface area contributed by atoms with E-state index in [4.69, 9.17) is 4.98 Å². The molecule has 1 aromatic heterocycles. The normalized spacial score (nSPS) is 23.4. The van der Waals surface area contributed by atoms with Crippen molar-refractivity contribution in [1.29, 1.82) is 0 Å². The monoisotopic (exact) mass is 371 g/mol. The Hall–Kier alpha value is -0.260. The molecule has 1 aliphatic rings. The third-order valence-corrected chi connectivity index (χ3v) is 5.10. The molecule has 1 fully saturated rings. The largest absolute Gasteiger partial charge is 0.354 e. The molecule has 3 nitrogen and oxygen atoms in total. The maximum atomic E-state index is 4.70. The van der Waals surface area contributed by atoms with Gasteiger partial charge in [-0.3, -0.25) is 0 Å². The third-order valence-electron chi connectivity index (χ3n) is 3.44. The first kappa shape index (κ1) is 17.1. The van der Waals surface area contributed by atoms with Crippen LogP contribution in [0, 0.1) is 0 Å². The zero-order chi connectivity index (χ0) is 15.6. The summed E-state index contributed by atoms with van der Waals surface area (Å²) in [4.78, 5) is 7.14. The van der Waals surface area contributed by atoms with E-state index in [0.717, 1.165) is 29.9 Å². The van der Waals surface area contributed by atoms with E-state index in [1.807, 2.05) is 6.20 Å². The highest BCUT2D eigenvalue weighted by atomic mass is 79.9. The average molecular weight is 372 g/mol. The lowest BCUT2D eigenvalue weighted by molar-refractivity contribution is 0.424. The molecular weight excluding hydrogens is 346 g/mol. The summed E-state index contributed by atoms with van der Waals surface area (Å²) in [5, 5.41) is 4.88. The summed E-state index contributed by atoms with van der Waals surface area (Å²) in [6.07, 6.45) is 1.91. The summed E-state index contributed by atoms with van der Waals surface area (Å²) < 4.78 is 1.05.